The van der Waals surface area contributed by atoms with Gasteiger partial charge < -0.3 is 33.9 Å². The highest BCUT2D eigenvalue weighted by atomic mass is 16.8. The predicted molar refractivity (Wildman–Crippen MR) is 78.7 cm³/mol. The lowest BCUT2D eigenvalue weighted by atomic mass is 9.90. The molecule has 0 aromatic heterocycles. The summed E-state index contributed by atoms with van der Waals surface area (Å²) in [6.07, 6.45) is -2.89. The molecule has 0 spiro atoms. The Morgan fingerprint density at radius 1 is 1.28 bits per heavy atom. The molecule has 2 aliphatic rings. The highest BCUT2D eigenvalue weighted by Gasteiger charge is 2.62. The van der Waals surface area contributed by atoms with Crippen molar-refractivity contribution in [2.45, 2.75) is 30.8 Å². The molecule has 2 bridgehead atoms. The SMILES string of the molecule is C=C(C)C(=O)OCC12C=CC(O1)C(OC(=O)O)C2OC(=O)OCCO. The quantitative estimate of drug-likeness (QED) is 0.284. The lowest BCUT2D eigenvalue weighted by Gasteiger charge is -2.31. The monoisotopic (exact) mass is 358 g/mol. The van der Waals surface area contributed by atoms with E-state index in [0.29, 0.717) is 0 Å². The Kier molecular flexibility index (Phi) is 5.65. The number of aliphatic hydroxyl groups is 1. The van der Waals surface area contributed by atoms with Crippen molar-refractivity contribution < 1.29 is 48.3 Å². The number of aliphatic hydroxyl groups excluding tert-OH is 1. The van der Waals surface area contributed by atoms with E-state index < -0.39 is 48.8 Å². The molecule has 2 rings (SSSR count). The maximum Gasteiger partial charge on any atom is 0.508 e. The molecule has 0 aromatic carbocycles. The first kappa shape index (κ1) is 18.7. The average molecular weight is 358 g/mol. The lowest BCUT2D eigenvalue weighted by Crippen LogP contribution is -2.50. The molecule has 0 saturated carbocycles. The van der Waals surface area contributed by atoms with Crippen LogP contribution >= 0.6 is 0 Å². The fraction of sp³-hybridized carbons (Fsp3) is 0.533. The fourth-order valence-corrected chi connectivity index (χ4v) is 2.52. The lowest BCUT2D eigenvalue weighted by molar-refractivity contribution is -0.149. The van der Waals surface area contributed by atoms with E-state index in [0.717, 1.165) is 0 Å². The Morgan fingerprint density at radius 3 is 2.60 bits per heavy atom. The van der Waals surface area contributed by atoms with Crippen LogP contribution in [0, 0.1) is 0 Å². The molecule has 10 nitrogen and oxygen atoms in total. The maximum absolute atomic E-state index is 11.7. The summed E-state index contributed by atoms with van der Waals surface area (Å²) in [7, 11) is 0. The van der Waals surface area contributed by atoms with Crippen molar-refractivity contribution in [3.63, 3.8) is 0 Å². The minimum atomic E-state index is -1.58. The van der Waals surface area contributed by atoms with Crippen molar-refractivity contribution in [3.05, 3.63) is 24.3 Å². The topological polar surface area (TPSA) is 138 Å². The minimum Gasteiger partial charge on any atom is -0.459 e. The Hall–Kier alpha value is -2.59. The van der Waals surface area contributed by atoms with Gasteiger partial charge in [0.2, 0.25) is 0 Å². The Bertz CT molecular complexity index is 597. The fourth-order valence-electron chi connectivity index (χ4n) is 2.52. The van der Waals surface area contributed by atoms with Crippen molar-refractivity contribution in [2.24, 2.45) is 0 Å². The number of carbonyl (C=O) groups excluding carboxylic acids is 2. The third-order valence-corrected chi connectivity index (χ3v) is 3.58. The van der Waals surface area contributed by atoms with Crippen molar-refractivity contribution in [2.75, 3.05) is 19.8 Å². The number of hydrogen-bond donors (Lipinski definition) is 2. The Labute approximate surface area is 142 Å². The molecule has 25 heavy (non-hydrogen) atoms. The second kappa shape index (κ2) is 7.53. The van der Waals surface area contributed by atoms with E-state index in [9.17, 15) is 14.4 Å². The molecule has 4 atom stereocenters. The summed E-state index contributed by atoms with van der Waals surface area (Å²) in [6, 6.07) is 0. The highest BCUT2D eigenvalue weighted by molar-refractivity contribution is 5.87. The van der Waals surface area contributed by atoms with E-state index in [2.05, 4.69) is 11.3 Å². The Balaban J connectivity index is 2.15. The zero-order valence-corrected chi connectivity index (χ0v) is 13.4. The molecule has 0 radical (unpaired) electrons. The molecule has 138 valence electrons. The van der Waals surface area contributed by atoms with Gasteiger partial charge in [0.25, 0.3) is 0 Å². The molecule has 0 amide bonds. The summed E-state index contributed by atoms with van der Waals surface area (Å²) < 4.78 is 25.2. The van der Waals surface area contributed by atoms with Gasteiger partial charge in [-0.05, 0) is 13.0 Å². The summed E-state index contributed by atoms with van der Waals surface area (Å²) in [5.41, 5.74) is -1.25. The molecule has 4 unspecified atom stereocenters. The molecule has 0 aromatic rings. The van der Waals surface area contributed by atoms with E-state index in [-0.39, 0.29) is 18.8 Å². The van der Waals surface area contributed by atoms with Gasteiger partial charge in [-0.3, -0.25) is 0 Å². The summed E-state index contributed by atoms with van der Waals surface area (Å²) in [5.74, 6) is -0.681. The van der Waals surface area contributed by atoms with Crippen LogP contribution in [-0.4, -0.2) is 72.2 Å². The summed E-state index contributed by atoms with van der Waals surface area (Å²) in [6.45, 7) is 3.86. The van der Waals surface area contributed by atoms with Gasteiger partial charge >= 0.3 is 18.3 Å². The molecule has 1 saturated heterocycles. The predicted octanol–water partition coefficient (Wildman–Crippen LogP) is 0.390. The molecule has 10 heteroatoms. The number of ether oxygens (including phenoxy) is 5. The van der Waals surface area contributed by atoms with Gasteiger partial charge in [0, 0.05) is 5.57 Å². The number of hydrogen-bond acceptors (Lipinski definition) is 9. The maximum atomic E-state index is 11.7. The summed E-state index contributed by atoms with van der Waals surface area (Å²) in [4.78, 5) is 34.2. The first-order valence-electron chi connectivity index (χ1n) is 7.33. The van der Waals surface area contributed by atoms with Gasteiger partial charge in [-0.15, -0.1) is 0 Å². The largest absolute Gasteiger partial charge is 0.508 e. The van der Waals surface area contributed by atoms with Gasteiger partial charge in [0.05, 0.1) is 6.61 Å². The number of esters is 1. The van der Waals surface area contributed by atoms with Crippen LogP contribution in [0.5, 0.6) is 0 Å². The van der Waals surface area contributed by atoms with Crippen LogP contribution < -0.4 is 0 Å². The third kappa shape index (κ3) is 4.09. The zero-order valence-electron chi connectivity index (χ0n) is 13.4. The van der Waals surface area contributed by atoms with Crippen LogP contribution in [0.15, 0.2) is 24.3 Å². The molecular formula is C15H18O10. The third-order valence-electron chi connectivity index (χ3n) is 3.58. The zero-order chi connectivity index (χ0) is 18.6. The van der Waals surface area contributed by atoms with E-state index in [1.54, 1.807) is 0 Å². The second-order valence-electron chi connectivity index (χ2n) is 5.46. The molecule has 0 aliphatic carbocycles. The summed E-state index contributed by atoms with van der Waals surface area (Å²) >= 11 is 0. The molecule has 2 N–H and O–H groups in total. The van der Waals surface area contributed by atoms with E-state index in [1.165, 1.54) is 19.1 Å². The standard InChI is InChI=1S/C15H18O10/c1-8(2)12(17)22-7-15-4-3-9(25-15)10(23-13(18)19)11(15)24-14(20)21-6-5-16/h3-4,9-11,16H,1,5-7H2,2H3,(H,18,19). The van der Waals surface area contributed by atoms with Gasteiger partial charge in [-0.1, -0.05) is 12.7 Å². The van der Waals surface area contributed by atoms with Crippen molar-refractivity contribution in [3.8, 4) is 0 Å². The van der Waals surface area contributed by atoms with Crippen LogP contribution in [0.3, 0.4) is 0 Å². The van der Waals surface area contributed by atoms with Gasteiger partial charge in [-0.2, -0.15) is 0 Å². The van der Waals surface area contributed by atoms with Crippen LogP contribution in [-0.2, 0) is 28.5 Å². The smallest absolute Gasteiger partial charge is 0.459 e. The molecule has 2 aliphatic heterocycles. The first-order valence-corrected chi connectivity index (χ1v) is 7.33. The molecule has 2 heterocycles. The van der Waals surface area contributed by atoms with Crippen LogP contribution in [0.1, 0.15) is 6.92 Å². The normalized spacial score (nSPS) is 29.1. The molecule has 1 fully saturated rings. The van der Waals surface area contributed by atoms with Crippen molar-refractivity contribution >= 4 is 18.3 Å². The van der Waals surface area contributed by atoms with E-state index >= 15 is 0 Å². The summed E-state index contributed by atoms with van der Waals surface area (Å²) in [5, 5.41) is 17.5. The second-order valence-corrected chi connectivity index (χ2v) is 5.46. The van der Waals surface area contributed by atoms with Gasteiger partial charge in [-0.25, -0.2) is 14.4 Å². The number of rotatable bonds is 7. The number of fused-ring (bicyclic) bond motifs is 2. The van der Waals surface area contributed by atoms with E-state index in [1.807, 2.05) is 0 Å². The number of carboxylic acid groups (broad SMARTS) is 1. The van der Waals surface area contributed by atoms with E-state index in [4.69, 9.17) is 29.2 Å². The number of carbonyl (C=O) groups is 3. The first-order chi connectivity index (χ1) is 11.8. The average Bonchev–Trinajstić information content (AvgIpc) is 3.08. The minimum absolute atomic E-state index is 0.158. The molecular weight excluding hydrogens is 340 g/mol. The van der Waals surface area contributed by atoms with Crippen LogP contribution in [0.2, 0.25) is 0 Å². The Morgan fingerprint density at radius 2 is 2.00 bits per heavy atom. The highest BCUT2D eigenvalue weighted by Crippen LogP contribution is 2.42. The van der Waals surface area contributed by atoms with Crippen LogP contribution in [0.4, 0.5) is 9.59 Å². The van der Waals surface area contributed by atoms with Crippen molar-refractivity contribution in [1.29, 1.82) is 0 Å². The van der Waals surface area contributed by atoms with Gasteiger partial charge in [0.15, 0.2) is 17.8 Å². The van der Waals surface area contributed by atoms with Gasteiger partial charge in [0.1, 0.15) is 19.3 Å². The van der Waals surface area contributed by atoms with Crippen LogP contribution in [0.25, 0.3) is 0 Å². The van der Waals surface area contributed by atoms with Crippen molar-refractivity contribution in [1.82, 2.24) is 0 Å².